The maximum atomic E-state index is 11.1. The van der Waals surface area contributed by atoms with Crippen LogP contribution in [0.3, 0.4) is 0 Å². The Morgan fingerprint density at radius 2 is 2.43 bits per heavy atom. The first-order valence-electron chi connectivity index (χ1n) is 4.39. The molecule has 0 saturated carbocycles. The summed E-state index contributed by atoms with van der Waals surface area (Å²) in [5, 5.41) is 2.55. The Morgan fingerprint density at radius 1 is 1.64 bits per heavy atom. The molecule has 0 aliphatic rings. The normalized spacial score (nSPS) is 9.86. The van der Waals surface area contributed by atoms with E-state index in [1.807, 2.05) is 12.1 Å². The highest BCUT2D eigenvalue weighted by Crippen LogP contribution is 2.03. The summed E-state index contributed by atoms with van der Waals surface area (Å²) in [6.07, 6.45) is 2.00. The second-order valence-electron chi connectivity index (χ2n) is 2.94. The fourth-order valence-electron chi connectivity index (χ4n) is 1.13. The van der Waals surface area contributed by atoms with E-state index in [2.05, 4.69) is 10.3 Å². The number of carbonyl (C=O) groups excluding carboxylic acids is 1. The van der Waals surface area contributed by atoms with Gasteiger partial charge in [0.1, 0.15) is 0 Å². The van der Waals surface area contributed by atoms with E-state index >= 15 is 0 Å². The zero-order valence-corrected chi connectivity index (χ0v) is 8.41. The number of rotatable bonds is 4. The lowest BCUT2D eigenvalue weighted by Gasteiger charge is -2.02. The molecule has 1 heterocycles. The molecule has 1 aromatic rings. The van der Waals surface area contributed by atoms with Gasteiger partial charge in [0.25, 0.3) is 0 Å². The maximum Gasteiger partial charge on any atom is 0.225 e. The molecule has 1 rings (SSSR count). The van der Waals surface area contributed by atoms with Crippen molar-refractivity contribution in [3.8, 4) is 0 Å². The summed E-state index contributed by atoms with van der Waals surface area (Å²) in [7, 11) is 3.25. The molecule has 0 spiro atoms. The highest BCUT2D eigenvalue weighted by molar-refractivity contribution is 5.77. The van der Waals surface area contributed by atoms with Crippen LogP contribution in [0.2, 0.25) is 0 Å². The van der Waals surface area contributed by atoms with Crippen LogP contribution in [0, 0.1) is 0 Å². The number of hydrogen-bond acceptors (Lipinski definition) is 3. The number of methoxy groups -OCH3 is 1. The standard InChI is InChI=1S/C10H14N2O2/c1-11-10(13)6-9-5-8(7-14-2)3-4-12-9/h3-5H,6-7H2,1-2H3,(H,11,13). The zero-order chi connectivity index (χ0) is 10.4. The molecule has 14 heavy (non-hydrogen) atoms. The summed E-state index contributed by atoms with van der Waals surface area (Å²) in [6.45, 7) is 0.545. The van der Waals surface area contributed by atoms with Gasteiger partial charge in [0.15, 0.2) is 0 Å². The molecule has 1 amide bonds. The van der Waals surface area contributed by atoms with Gasteiger partial charge in [0, 0.05) is 20.4 Å². The van der Waals surface area contributed by atoms with Gasteiger partial charge in [-0.1, -0.05) is 0 Å². The molecular formula is C10H14N2O2. The molecule has 4 nitrogen and oxygen atoms in total. The summed E-state index contributed by atoms with van der Waals surface area (Å²) in [4.78, 5) is 15.2. The minimum absolute atomic E-state index is 0.0351. The maximum absolute atomic E-state index is 11.1. The Balaban J connectivity index is 2.68. The summed E-state index contributed by atoms with van der Waals surface area (Å²) in [6, 6.07) is 3.75. The number of carbonyl (C=O) groups is 1. The average Bonchev–Trinajstić information content (AvgIpc) is 2.19. The van der Waals surface area contributed by atoms with E-state index in [9.17, 15) is 4.79 Å². The van der Waals surface area contributed by atoms with E-state index in [-0.39, 0.29) is 5.91 Å². The van der Waals surface area contributed by atoms with Crippen LogP contribution < -0.4 is 5.32 Å². The van der Waals surface area contributed by atoms with Gasteiger partial charge in [-0.2, -0.15) is 0 Å². The number of nitrogens with zero attached hydrogens (tertiary/aromatic N) is 1. The molecule has 0 bridgehead atoms. The first kappa shape index (κ1) is 10.7. The fourth-order valence-corrected chi connectivity index (χ4v) is 1.13. The quantitative estimate of drug-likeness (QED) is 0.760. The van der Waals surface area contributed by atoms with Crippen molar-refractivity contribution in [2.75, 3.05) is 14.2 Å². The van der Waals surface area contributed by atoms with Crippen LogP contribution in [-0.2, 0) is 22.6 Å². The molecule has 0 aliphatic carbocycles. The van der Waals surface area contributed by atoms with Crippen molar-refractivity contribution in [2.24, 2.45) is 0 Å². The van der Waals surface area contributed by atoms with Gasteiger partial charge in [-0.05, 0) is 17.7 Å². The third-order valence-corrected chi connectivity index (χ3v) is 1.81. The molecule has 0 aromatic carbocycles. The molecule has 0 saturated heterocycles. The van der Waals surface area contributed by atoms with Crippen molar-refractivity contribution in [1.29, 1.82) is 0 Å². The molecule has 4 heteroatoms. The Morgan fingerprint density at radius 3 is 3.07 bits per heavy atom. The topological polar surface area (TPSA) is 51.2 Å². The Hall–Kier alpha value is -1.42. The smallest absolute Gasteiger partial charge is 0.225 e. The third kappa shape index (κ3) is 3.14. The predicted octanol–water partition coefficient (Wildman–Crippen LogP) is 0.516. The summed E-state index contributed by atoms with van der Waals surface area (Å²) < 4.78 is 4.99. The number of amides is 1. The molecule has 1 aromatic heterocycles. The highest BCUT2D eigenvalue weighted by atomic mass is 16.5. The first-order valence-corrected chi connectivity index (χ1v) is 4.39. The van der Waals surface area contributed by atoms with Crippen LogP contribution in [0.1, 0.15) is 11.3 Å². The predicted molar refractivity (Wildman–Crippen MR) is 52.7 cm³/mol. The van der Waals surface area contributed by atoms with Crippen molar-refractivity contribution in [3.05, 3.63) is 29.6 Å². The lowest BCUT2D eigenvalue weighted by atomic mass is 10.2. The second-order valence-corrected chi connectivity index (χ2v) is 2.94. The number of likely N-dealkylation sites (N-methyl/N-ethyl adjacent to an activating group) is 1. The summed E-state index contributed by atoms with van der Waals surface area (Å²) in [5.74, 6) is -0.0351. The van der Waals surface area contributed by atoms with Gasteiger partial charge in [-0.25, -0.2) is 0 Å². The van der Waals surface area contributed by atoms with Crippen LogP contribution >= 0.6 is 0 Å². The van der Waals surface area contributed by atoms with Crippen LogP contribution in [0.5, 0.6) is 0 Å². The number of hydrogen-bond donors (Lipinski definition) is 1. The lowest BCUT2D eigenvalue weighted by molar-refractivity contribution is -0.120. The number of aromatic nitrogens is 1. The average molecular weight is 194 g/mol. The molecule has 0 fully saturated rings. The lowest BCUT2D eigenvalue weighted by Crippen LogP contribution is -2.20. The van der Waals surface area contributed by atoms with Gasteiger partial charge in [0.2, 0.25) is 5.91 Å². The van der Waals surface area contributed by atoms with Gasteiger partial charge >= 0.3 is 0 Å². The van der Waals surface area contributed by atoms with Crippen molar-refractivity contribution in [3.63, 3.8) is 0 Å². The fraction of sp³-hybridized carbons (Fsp3) is 0.400. The van der Waals surface area contributed by atoms with E-state index in [0.717, 1.165) is 11.3 Å². The molecule has 0 unspecified atom stereocenters. The van der Waals surface area contributed by atoms with E-state index in [0.29, 0.717) is 13.0 Å². The molecular weight excluding hydrogens is 180 g/mol. The number of ether oxygens (including phenoxy) is 1. The van der Waals surface area contributed by atoms with E-state index in [1.54, 1.807) is 20.4 Å². The van der Waals surface area contributed by atoms with Crippen LogP contribution in [-0.4, -0.2) is 25.0 Å². The van der Waals surface area contributed by atoms with Crippen LogP contribution in [0.15, 0.2) is 18.3 Å². The Bertz CT molecular complexity index is 313. The van der Waals surface area contributed by atoms with Crippen LogP contribution in [0.4, 0.5) is 0 Å². The van der Waals surface area contributed by atoms with E-state index < -0.39 is 0 Å². The minimum Gasteiger partial charge on any atom is -0.380 e. The Kier molecular flexibility index (Phi) is 4.07. The summed E-state index contributed by atoms with van der Waals surface area (Å²) in [5.41, 5.74) is 1.79. The van der Waals surface area contributed by atoms with Crippen molar-refractivity contribution in [2.45, 2.75) is 13.0 Å². The van der Waals surface area contributed by atoms with Gasteiger partial charge in [0.05, 0.1) is 18.7 Å². The van der Waals surface area contributed by atoms with Crippen molar-refractivity contribution >= 4 is 5.91 Å². The van der Waals surface area contributed by atoms with Gasteiger partial charge < -0.3 is 10.1 Å². The molecule has 0 radical (unpaired) electrons. The molecule has 76 valence electrons. The largest absolute Gasteiger partial charge is 0.380 e. The molecule has 0 aliphatic heterocycles. The SMILES string of the molecule is CNC(=O)Cc1cc(COC)ccn1. The molecule has 1 N–H and O–H groups in total. The van der Waals surface area contributed by atoms with Gasteiger partial charge in [-0.15, -0.1) is 0 Å². The number of pyridine rings is 1. The van der Waals surface area contributed by atoms with Crippen LogP contribution in [0.25, 0.3) is 0 Å². The monoisotopic (exact) mass is 194 g/mol. The minimum atomic E-state index is -0.0351. The zero-order valence-electron chi connectivity index (χ0n) is 8.41. The summed E-state index contributed by atoms with van der Waals surface area (Å²) >= 11 is 0. The first-order chi connectivity index (χ1) is 6.76. The van der Waals surface area contributed by atoms with Gasteiger partial charge in [-0.3, -0.25) is 9.78 Å². The van der Waals surface area contributed by atoms with E-state index in [1.165, 1.54) is 0 Å². The van der Waals surface area contributed by atoms with E-state index in [4.69, 9.17) is 4.74 Å². The van der Waals surface area contributed by atoms with Crippen molar-refractivity contribution in [1.82, 2.24) is 10.3 Å². The Labute approximate surface area is 83.3 Å². The second kappa shape index (κ2) is 5.34. The third-order valence-electron chi connectivity index (χ3n) is 1.81. The molecule has 0 atom stereocenters. The number of nitrogens with one attached hydrogen (secondary N) is 1. The van der Waals surface area contributed by atoms with Crippen molar-refractivity contribution < 1.29 is 9.53 Å². The highest BCUT2D eigenvalue weighted by Gasteiger charge is 2.02.